The van der Waals surface area contributed by atoms with Crippen LogP contribution in [0.4, 0.5) is 10.1 Å². The van der Waals surface area contributed by atoms with Crippen molar-refractivity contribution >= 4 is 23.2 Å². The Kier molecular flexibility index (Phi) is 4.97. The van der Waals surface area contributed by atoms with Crippen LogP contribution < -0.4 is 4.90 Å². The zero-order valence-electron chi connectivity index (χ0n) is 12.1. The number of aryl methyl sites for hydroxylation is 2. The Morgan fingerprint density at radius 1 is 1.14 bits per heavy atom. The lowest BCUT2D eigenvalue weighted by molar-refractivity contribution is -0.116. The Balaban J connectivity index is 2.36. The molecule has 0 heterocycles. The molecular formula is C17H17ClFNO. The first-order valence-electron chi connectivity index (χ1n) is 6.69. The van der Waals surface area contributed by atoms with Gasteiger partial charge in [-0.15, -0.1) is 11.6 Å². The second-order valence-corrected chi connectivity index (χ2v) is 5.30. The van der Waals surface area contributed by atoms with Gasteiger partial charge in [-0.2, -0.15) is 0 Å². The number of benzene rings is 2. The summed E-state index contributed by atoms with van der Waals surface area (Å²) in [5.41, 5.74) is 3.77. The van der Waals surface area contributed by atoms with E-state index in [-0.39, 0.29) is 17.6 Å². The van der Waals surface area contributed by atoms with Gasteiger partial charge in [-0.1, -0.05) is 24.3 Å². The van der Waals surface area contributed by atoms with E-state index >= 15 is 0 Å². The highest BCUT2D eigenvalue weighted by Gasteiger charge is 2.17. The maximum absolute atomic E-state index is 13.0. The highest BCUT2D eigenvalue weighted by Crippen LogP contribution is 2.24. The number of hydrogen-bond acceptors (Lipinski definition) is 1. The first kappa shape index (κ1) is 15.5. The predicted molar refractivity (Wildman–Crippen MR) is 84.2 cm³/mol. The number of hydrogen-bond donors (Lipinski definition) is 0. The van der Waals surface area contributed by atoms with Crippen LogP contribution in [0.5, 0.6) is 0 Å². The quantitative estimate of drug-likeness (QED) is 0.775. The third-order valence-electron chi connectivity index (χ3n) is 3.32. The molecular weight excluding hydrogens is 289 g/mol. The van der Waals surface area contributed by atoms with Crippen LogP contribution >= 0.6 is 11.6 Å². The van der Waals surface area contributed by atoms with Gasteiger partial charge in [0.15, 0.2) is 0 Å². The van der Waals surface area contributed by atoms with Gasteiger partial charge >= 0.3 is 0 Å². The number of alkyl halides is 1. The molecule has 1 amide bonds. The molecule has 0 saturated heterocycles. The summed E-state index contributed by atoms with van der Waals surface area (Å²) in [5.74, 6) is -0.551. The number of rotatable bonds is 4. The van der Waals surface area contributed by atoms with E-state index in [4.69, 9.17) is 11.6 Å². The summed E-state index contributed by atoms with van der Waals surface area (Å²) < 4.78 is 13.0. The molecule has 110 valence electrons. The molecule has 0 spiro atoms. The summed E-state index contributed by atoms with van der Waals surface area (Å²) in [6.45, 7) is 4.30. The molecule has 2 aromatic rings. The number of nitrogens with zero attached hydrogens (tertiary/aromatic N) is 1. The molecule has 0 aliphatic rings. The topological polar surface area (TPSA) is 20.3 Å². The van der Waals surface area contributed by atoms with Gasteiger partial charge in [0.05, 0.1) is 6.54 Å². The van der Waals surface area contributed by atoms with Crippen LogP contribution in [0, 0.1) is 19.7 Å². The molecule has 2 rings (SSSR count). The molecule has 0 aliphatic carbocycles. The van der Waals surface area contributed by atoms with E-state index in [0.29, 0.717) is 6.54 Å². The minimum absolute atomic E-state index is 0.0887. The fourth-order valence-electron chi connectivity index (χ4n) is 2.16. The van der Waals surface area contributed by atoms with Crippen molar-refractivity contribution in [3.8, 4) is 0 Å². The van der Waals surface area contributed by atoms with Crippen LogP contribution in [-0.2, 0) is 11.3 Å². The van der Waals surface area contributed by atoms with Crippen molar-refractivity contribution < 1.29 is 9.18 Å². The van der Waals surface area contributed by atoms with Gasteiger partial charge in [-0.3, -0.25) is 4.79 Å². The maximum atomic E-state index is 13.0. The fraction of sp³-hybridized carbons (Fsp3) is 0.235. The molecule has 0 aliphatic heterocycles. The molecule has 0 aromatic heterocycles. The number of halogens is 2. The lowest BCUT2D eigenvalue weighted by Gasteiger charge is -2.24. The van der Waals surface area contributed by atoms with Crippen LogP contribution in [0.15, 0.2) is 42.5 Å². The molecule has 0 bridgehead atoms. The monoisotopic (exact) mass is 305 g/mol. The fourth-order valence-corrected chi connectivity index (χ4v) is 2.31. The van der Waals surface area contributed by atoms with Gasteiger partial charge in [0.1, 0.15) is 11.7 Å². The summed E-state index contributed by atoms with van der Waals surface area (Å²) in [4.78, 5) is 13.8. The van der Waals surface area contributed by atoms with E-state index in [0.717, 1.165) is 22.4 Å². The predicted octanol–water partition coefficient (Wildman–Crippen LogP) is 4.21. The lowest BCUT2D eigenvalue weighted by Crippen LogP contribution is -2.32. The highest BCUT2D eigenvalue weighted by molar-refractivity contribution is 6.29. The number of amides is 1. The van der Waals surface area contributed by atoms with Gasteiger partial charge in [-0.25, -0.2) is 4.39 Å². The average Bonchev–Trinajstić information content (AvgIpc) is 2.48. The van der Waals surface area contributed by atoms with Gasteiger partial charge in [-0.05, 0) is 48.7 Å². The first-order valence-corrected chi connectivity index (χ1v) is 7.22. The van der Waals surface area contributed by atoms with E-state index in [1.807, 2.05) is 32.0 Å². The van der Waals surface area contributed by atoms with Crippen molar-refractivity contribution in [2.24, 2.45) is 0 Å². The largest absolute Gasteiger partial charge is 0.307 e. The molecule has 0 saturated carbocycles. The van der Waals surface area contributed by atoms with E-state index in [1.54, 1.807) is 17.0 Å². The van der Waals surface area contributed by atoms with Crippen molar-refractivity contribution in [2.45, 2.75) is 20.4 Å². The van der Waals surface area contributed by atoms with E-state index in [9.17, 15) is 9.18 Å². The second kappa shape index (κ2) is 6.72. The van der Waals surface area contributed by atoms with Crippen LogP contribution in [0.3, 0.4) is 0 Å². The Hall–Kier alpha value is -1.87. The van der Waals surface area contributed by atoms with Crippen molar-refractivity contribution in [3.63, 3.8) is 0 Å². The summed E-state index contributed by atoms with van der Waals surface area (Å²) >= 11 is 5.73. The molecule has 2 nitrogen and oxygen atoms in total. The van der Waals surface area contributed by atoms with E-state index in [1.165, 1.54) is 12.1 Å². The van der Waals surface area contributed by atoms with Crippen LogP contribution in [0.1, 0.15) is 16.7 Å². The van der Waals surface area contributed by atoms with Crippen molar-refractivity contribution in [3.05, 3.63) is 65.0 Å². The van der Waals surface area contributed by atoms with E-state index < -0.39 is 0 Å². The zero-order chi connectivity index (χ0) is 15.4. The lowest BCUT2D eigenvalue weighted by atomic mass is 10.1. The summed E-state index contributed by atoms with van der Waals surface area (Å²) in [6.07, 6.45) is 0. The van der Waals surface area contributed by atoms with Gasteiger partial charge in [0.2, 0.25) is 5.91 Å². The van der Waals surface area contributed by atoms with Crippen molar-refractivity contribution in [2.75, 3.05) is 10.8 Å². The minimum Gasteiger partial charge on any atom is -0.307 e. The van der Waals surface area contributed by atoms with Gasteiger partial charge in [0, 0.05) is 5.69 Å². The van der Waals surface area contributed by atoms with Crippen LogP contribution in [0.2, 0.25) is 0 Å². The van der Waals surface area contributed by atoms with E-state index in [2.05, 4.69) is 0 Å². The van der Waals surface area contributed by atoms with Gasteiger partial charge in [0.25, 0.3) is 0 Å². The second-order valence-electron chi connectivity index (χ2n) is 5.03. The molecule has 21 heavy (non-hydrogen) atoms. The highest BCUT2D eigenvalue weighted by atomic mass is 35.5. The zero-order valence-corrected chi connectivity index (χ0v) is 12.8. The summed E-state index contributed by atoms with van der Waals surface area (Å²) in [7, 11) is 0. The third-order valence-corrected chi connectivity index (χ3v) is 3.55. The Morgan fingerprint density at radius 2 is 1.81 bits per heavy atom. The normalized spacial score (nSPS) is 10.5. The van der Waals surface area contributed by atoms with Crippen LogP contribution in [-0.4, -0.2) is 11.8 Å². The average molecular weight is 306 g/mol. The Labute approximate surface area is 129 Å². The smallest absolute Gasteiger partial charge is 0.242 e. The maximum Gasteiger partial charge on any atom is 0.242 e. The molecule has 0 fully saturated rings. The first-order chi connectivity index (χ1) is 10.0. The van der Waals surface area contributed by atoms with Crippen molar-refractivity contribution in [1.82, 2.24) is 0 Å². The van der Waals surface area contributed by atoms with Gasteiger partial charge < -0.3 is 4.90 Å². The Morgan fingerprint density at radius 3 is 2.43 bits per heavy atom. The Bertz CT molecular complexity index is 640. The number of anilines is 1. The number of carbonyl (C=O) groups excluding carboxylic acids is 1. The molecule has 0 radical (unpaired) electrons. The molecule has 0 unspecified atom stereocenters. The SMILES string of the molecule is Cc1ccc(C)c(N(Cc2ccc(F)cc2)C(=O)CCl)c1. The molecule has 0 atom stereocenters. The summed E-state index contributed by atoms with van der Waals surface area (Å²) in [6, 6.07) is 12.1. The molecule has 2 aromatic carbocycles. The summed E-state index contributed by atoms with van der Waals surface area (Å²) in [5, 5.41) is 0. The third kappa shape index (κ3) is 3.82. The molecule has 4 heteroatoms. The van der Waals surface area contributed by atoms with Crippen LogP contribution in [0.25, 0.3) is 0 Å². The number of carbonyl (C=O) groups is 1. The standard InChI is InChI=1S/C17H17ClFNO/c1-12-3-4-13(2)16(9-12)20(17(21)10-18)11-14-5-7-15(19)8-6-14/h3-9H,10-11H2,1-2H3. The van der Waals surface area contributed by atoms with Crippen molar-refractivity contribution in [1.29, 1.82) is 0 Å². The molecule has 0 N–H and O–H groups in total. The minimum atomic E-state index is -0.291.